The maximum absolute atomic E-state index is 12.3. The fraction of sp³-hybridized carbons (Fsp3) is 0.438. The lowest BCUT2D eigenvalue weighted by atomic mass is 9.90. The van der Waals surface area contributed by atoms with Crippen LogP contribution in [0.5, 0.6) is 11.5 Å². The number of carbonyl (C=O) groups excluding carboxylic acids is 1. The predicted octanol–water partition coefficient (Wildman–Crippen LogP) is 2.84. The standard InChI is InChI=1S/C16H20N2O3/c1-4-9-18-15(19)17-12-10-16(18,3)21-14-11(12)7-6-8-13(14)20-5-2/h4,6-8,12H,1,5,9-10H2,2-3H3,(H,17,19). The number of urea groups is 1. The summed E-state index contributed by atoms with van der Waals surface area (Å²) in [6.45, 7) is 8.61. The van der Waals surface area contributed by atoms with Crippen molar-refractivity contribution >= 4 is 6.03 Å². The Balaban J connectivity index is 2.05. The number of nitrogens with one attached hydrogen (secondary N) is 1. The molecule has 0 aromatic heterocycles. The number of hydrogen-bond donors (Lipinski definition) is 1. The molecule has 1 aromatic carbocycles. The molecule has 0 aliphatic carbocycles. The summed E-state index contributed by atoms with van der Waals surface area (Å²) in [5.41, 5.74) is 0.298. The van der Waals surface area contributed by atoms with Gasteiger partial charge in [-0.25, -0.2) is 4.79 Å². The number of amides is 2. The van der Waals surface area contributed by atoms with E-state index in [1.165, 1.54) is 0 Å². The van der Waals surface area contributed by atoms with E-state index in [-0.39, 0.29) is 12.1 Å². The molecule has 3 rings (SSSR count). The highest BCUT2D eigenvalue weighted by atomic mass is 16.5. The minimum absolute atomic E-state index is 0.0484. The molecule has 2 aliphatic rings. The van der Waals surface area contributed by atoms with Crippen LogP contribution in [0.2, 0.25) is 0 Å². The summed E-state index contributed by atoms with van der Waals surface area (Å²) >= 11 is 0. The summed E-state index contributed by atoms with van der Waals surface area (Å²) < 4.78 is 11.9. The molecular formula is C16H20N2O3. The fourth-order valence-electron chi connectivity index (χ4n) is 3.08. The van der Waals surface area contributed by atoms with Crippen molar-refractivity contribution in [2.45, 2.75) is 32.0 Å². The van der Waals surface area contributed by atoms with E-state index in [0.717, 1.165) is 17.1 Å². The number of carbonyl (C=O) groups is 1. The first-order valence-corrected chi connectivity index (χ1v) is 7.23. The molecule has 1 N–H and O–H groups in total. The van der Waals surface area contributed by atoms with Gasteiger partial charge in [0.1, 0.15) is 0 Å². The second-order valence-corrected chi connectivity index (χ2v) is 5.49. The van der Waals surface area contributed by atoms with Crippen LogP contribution in [0, 0.1) is 0 Å². The Morgan fingerprint density at radius 3 is 3.14 bits per heavy atom. The van der Waals surface area contributed by atoms with Gasteiger partial charge in [0, 0.05) is 18.5 Å². The van der Waals surface area contributed by atoms with Crippen molar-refractivity contribution in [3.8, 4) is 11.5 Å². The number of ether oxygens (including phenoxy) is 2. The van der Waals surface area contributed by atoms with E-state index in [2.05, 4.69) is 11.9 Å². The van der Waals surface area contributed by atoms with Gasteiger partial charge in [-0.05, 0) is 19.9 Å². The lowest BCUT2D eigenvalue weighted by Crippen LogP contribution is -2.64. The number of rotatable bonds is 4. The van der Waals surface area contributed by atoms with E-state index in [9.17, 15) is 4.79 Å². The van der Waals surface area contributed by atoms with Gasteiger partial charge < -0.3 is 14.8 Å². The van der Waals surface area contributed by atoms with E-state index < -0.39 is 5.72 Å². The summed E-state index contributed by atoms with van der Waals surface area (Å²) in [5.74, 6) is 1.45. The summed E-state index contributed by atoms with van der Waals surface area (Å²) in [5, 5.41) is 3.04. The van der Waals surface area contributed by atoms with Gasteiger partial charge in [0.05, 0.1) is 12.6 Å². The zero-order valence-electron chi connectivity index (χ0n) is 12.4. The molecule has 0 radical (unpaired) electrons. The second kappa shape index (κ2) is 4.98. The molecule has 0 spiro atoms. The topological polar surface area (TPSA) is 50.8 Å². The van der Waals surface area contributed by atoms with Crippen molar-refractivity contribution in [3.63, 3.8) is 0 Å². The summed E-state index contributed by atoms with van der Waals surface area (Å²) in [4.78, 5) is 13.9. The van der Waals surface area contributed by atoms with Crippen LogP contribution >= 0.6 is 0 Å². The molecule has 2 amide bonds. The second-order valence-electron chi connectivity index (χ2n) is 5.49. The largest absolute Gasteiger partial charge is 0.490 e. The zero-order chi connectivity index (χ0) is 15.0. The third-order valence-electron chi connectivity index (χ3n) is 4.01. The van der Waals surface area contributed by atoms with Crippen LogP contribution in [0.4, 0.5) is 4.79 Å². The Morgan fingerprint density at radius 1 is 1.62 bits per heavy atom. The molecule has 5 nitrogen and oxygen atoms in total. The summed E-state index contributed by atoms with van der Waals surface area (Å²) in [6, 6.07) is 5.63. The van der Waals surface area contributed by atoms with E-state index in [4.69, 9.17) is 9.47 Å². The predicted molar refractivity (Wildman–Crippen MR) is 79.4 cm³/mol. The number of hydrogen-bond acceptors (Lipinski definition) is 3. The lowest BCUT2D eigenvalue weighted by molar-refractivity contribution is -0.0803. The normalized spacial score (nSPS) is 26.5. The molecular weight excluding hydrogens is 268 g/mol. The minimum atomic E-state index is -0.679. The maximum Gasteiger partial charge on any atom is 0.321 e. The fourth-order valence-corrected chi connectivity index (χ4v) is 3.08. The van der Waals surface area contributed by atoms with Gasteiger partial charge in [0.25, 0.3) is 0 Å². The zero-order valence-corrected chi connectivity index (χ0v) is 12.4. The first-order chi connectivity index (χ1) is 10.1. The number of fused-ring (bicyclic) bond motifs is 4. The molecule has 5 heteroatoms. The number of para-hydroxylation sites is 1. The average Bonchev–Trinajstić information content (AvgIpc) is 2.44. The smallest absolute Gasteiger partial charge is 0.321 e. The third-order valence-corrected chi connectivity index (χ3v) is 4.01. The summed E-state index contributed by atoms with van der Waals surface area (Å²) in [7, 11) is 0. The molecule has 2 heterocycles. The van der Waals surface area contributed by atoms with Crippen molar-refractivity contribution in [2.24, 2.45) is 0 Å². The van der Waals surface area contributed by atoms with Gasteiger partial charge in [0.2, 0.25) is 0 Å². The van der Waals surface area contributed by atoms with Crippen LogP contribution in [0.1, 0.15) is 31.9 Å². The highest BCUT2D eigenvalue weighted by Gasteiger charge is 2.49. The van der Waals surface area contributed by atoms with Gasteiger partial charge in [-0.3, -0.25) is 4.90 Å². The van der Waals surface area contributed by atoms with Crippen LogP contribution in [0.25, 0.3) is 0 Å². The number of nitrogens with zero attached hydrogens (tertiary/aromatic N) is 1. The Labute approximate surface area is 124 Å². The Morgan fingerprint density at radius 2 is 2.43 bits per heavy atom. The summed E-state index contributed by atoms with van der Waals surface area (Å²) in [6.07, 6.45) is 2.41. The average molecular weight is 288 g/mol. The Hall–Kier alpha value is -2.17. The van der Waals surface area contributed by atoms with Gasteiger partial charge in [0.15, 0.2) is 17.2 Å². The van der Waals surface area contributed by atoms with Gasteiger partial charge >= 0.3 is 6.03 Å². The van der Waals surface area contributed by atoms with Crippen molar-refractivity contribution in [1.82, 2.24) is 10.2 Å². The van der Waals surface area contributed by atoms with Crippen molar-refractivity contribution in [3.05, 3.63) is 36.4 Å². The van der Waals surface area contributed by atoms with E-state index in [1.807, 2.05) is 32.0 Å². The molecule has 1 aromatic rings. The molecule has 2 aliphatic heterocycles. The monoisotopic (exact) mass is 288 g/mol. The molecule has 2 bridgehead atoms. The Kier molecular flexibility index (Phi) is 3.27. The van der Waals surface area contributed by atoms with Crippen molar-refractivity contribution in [2.75, 3.05) is 13.2 Å². The van der Waals surface area contributed by atoms with Gasteiger partial charge in [-0.2, -0.15) is 0 Å². The maximum atomic E-state index is 12.3. The third kappa shape index (κ3) is 2.13. The van der Waals surface area contributed by atoms with Crippen LogP contribution in [-0.2, 0) is 0 Å². The van der Waals surface area contributed by atoms with Crippen LogP contribution < -0.4 is 14.8 Å². The molecule has 112 valence electrons. The van der Waals surface area contributed by atoms with E-state index >= 15 is 0 Å². The van der Waals surface area contributed by atoms with Crippen LogP contribution in [0.3, 0.4) is 0 Å². The highest BCUT2D eigenvalue weighted by Crippen LogP contribution is 2.47. The van der Waals surface area contributed by atoms with Gasteiger partial charge in [-0.15, -0.1) is 6.58 Å². The molecule has 1 saturated heterocycles. The minimum Gasteiger partial charge on any atom is -0.490 e. The quantitative estimate of drug-likeness (QED) is 0.867. The Bertz CT molecular complexity index is 587. The first kappa shape index (κ1) is 13.8. The van der Waals surface area contributed by atoms with E-state index in [1.54, 1.807) is 11.0 Å². The van der Waals surface area contributed by atoms with Crippen LogP contribution in [0.15, 0.2) is 30.9 Å². The highest BCUT2D eigenvalue weighted by molar-refractivity contribution is 5.77. The lowest BCUT2D eigenvalue weighted by Gasteiger charge is -2.50. The van der Waals surface area contributed by atoms with Crippen LogP contribution in [-0.4, -0.2) is 29.8 Å². The van der Waals surface area contributed by atoms with Crippen molar-refractivity contribution < 1.29 is 14.3 Å². The molecule has 1 fully saturated rings. The van der Waals surface area contributed by atoms with E-state index in [0.29, 0.717) is 19.6 Å². The first-order valence-electron chi connectivity index (χ1n) is 7.23. The molecule has 2 atom stereocenters. The molecule has 0 saturated carbocycles. The number of benzene rings is 1. The molecule has 2 unspecified atom stereocenters. The molecule has 21 heavy (non-hydrogen) atoms. The SMILES string of the molecule is C=CCN1C(=O)NC2CC1(C)Oc1c(OCC)cccc12. The van der Waals surface area contributed by atoms with Crippen molar-refractivity contribution in [1.29, 1.82) is 0 Å². The van der Waals surface area contributed by atoms with Gasteiger partial charge in [-0.1, -0.05) is 18.2 Å².